The molecule has 0 N–H and O–H groups in total. The summed E-state index contributed by atoms with van der Waals surface area (Å²) in [5, 5.41) is 0. The summed E-state index contributed by atoms with van der Waals surface area (Å²) in [5.74, 6) is 1.24. The lowest BCUT2D eigenvalue weighted by Crippen LogP contribution is -2.53. The third kappa shape index (κ3) is 6.67. The maximum Gasteiger partial charge on any atom is 0.0971 e. The molecule has 0 atom stereocenters. The van der Waals surface area contributed by atoms with Crippen LogP contribution in [0.1, 0.15) is 64.2 Å². The second-order valence-corrected chi connectivity index (χ2v) is 8.36. The molecule has 5 nitrogen and oxygen atoms in total. The highest BCUT2D eigenvalue weighted by atomic mass is 16.6. The van der Waals surface area contributed by atoms with Crippen molar-refractivity contribution in [1.82, 2.24) is 0 Å². The zero-order valence-corrected chi connectivity index (χ0v) is 17.1. The minimum atomic E-state index is -0.138. The van der Waals surface area contributed by atoms with Crippen LogP contribution in [0.3, 0.4) is 0 Å². The van der Waals surface area contributed by atoms with E-state index >= 15 is 0 Å². The van der Waals surface area contributed by atoms with Crippen molar-refractivity contribution in [2.45, 2.75) is 69.8 Å². The van der Waals surface area contributed by atoms with E-state index < -0.39 is 0 Å². The molecule has 0 bridgehead atoms. The molecule has 3 fully saturated rings. The Morgan fingerprint density at radius 2 is 0.852 bits per heavy atom. The van der Waals surface area contributed by atoms with Gasteiger partial charge in [-0.05, 0) is 37.5 Å². The van der Waals surface area contributed by atoms with Gasteiger partial charge in [0.25, 0.3) is 0 Å². The summed E-state index contributed by atoms with van der Waals surface area (Å²) in [6, 6.07) is 0. The molecule has 1 saturated heterocycles. The van der Waals surface area contributed by atoms with Gasteiger partial charge < -0.3 is 23.7 Å². The van der Waals surface area contributed by atoms with Crippen molar-refractivity contribution in [2.75, 3.05) is 59.5 Å². The molecule has 0 aromatic carbocycles. The SMILES string of the molecule is C1CCC(C2(C3CCCCC3)COCCOCCOCCOCCO2)CC1. The molecular weight excluding hydrogens is 344 g/mol. The van der Waals surface area contributed by atoms with Gasteiger partial charge in [0.2, 0.25) is 0 Å². The van der Waals surface area contributed by atoms with Gasteiger partial charge in [-0.15, -0.1) is 0 Å². The number of hydrogen-bond acceptors (Lipinski definition) is 5. The first-order valence-electron chi connectivity index (χ1n) is 11.4. The Bertz CT molecular complexity index is 341. The lowest BCUT2D eigenvalue weighted by Gasteiger charge is -2.48. The molecular formula is C22H40O5. The van der Waals surface area contributed by atoms with Crippen molar-refractivity contribution in [2.24, 2.45) is 11.8 Å². The molecule has 0 spiro atoms. The molecule has 0 aromatic heterocycles. The van der Waals surface area contributed by atoms with Crippen LogP contribution in [0.15, 0.2) is 0 Å². The number of rotatable bonds is 2. The van der Waals surface area contributed by atoms with Gasteiger partial charge >= 0.3 is 0 Å². The Labute approximate surface area is 165 Å². The van der Waals surface area contributed by atoms with Gasteiger partial charge in [-0.3, -0.25) is 0 Å². The lowest BCUT2D eigenvalue weighted by atomic mass is 9.66. The molecule has 5 heteroatoms. The summed E-state index contributed by atoms with van der Waals surface area (Å²) in [7, 11) is 0. The maximum atomic E-state index is 6.75. The molecule has 158 valence electrons. The fourth-order valence-corrected chi connectivity index (χ4v) is 5.21. The third-order valence-electron chi connectivity index (χ3n) is 6.63. The molecule has 27 heavy (non-hydrogen) atoms. The topological polar surface area (TPSA) is 46.2 Å². The van der Waals surface area contributed by atoms with E-state index in [1.165, 1.54) is 64.2 Å². The van der Waals surface area contributed by atoms with Gasteiger partial charge in [-0.2, -0.15) is 0 Å². The Kier molecular flexibility index (Phi) is 9.86. The molecule has 2 saturated carbocycles. The van der Waals surface area contributed by atoms with Crippen LogP contribution in [-0.2, 0) is 23.7 Å². The van der Waals surface area contributed by atoms with E-state index in [1.54, 1.807) is 0 Å². The van der Waals surface area contributed by atoms with E-state index in [-0.39, 0.29) is 5.60 Å². The molecule has 1 aliphatic heterocycles. The average molecular weight is 385 g/mol. The van der Waals surface area contributed by atoms with Gasteiger partial charge in [0.05, 0.1) is 65.1 Å². The zero-order valence-electron chi connectivity index (χ0n) is 17.1. The first-order chi connectivity index (χ1) is 13.4. The van der Waals surface area contributed by atoms with Crippen molar-refractivity contribution in [3.8, 4) is 0 Å². The van der Waals surface area contributed by atoms with Gasteiger partial charge in [0.15, 0.2) is 0 Å². The standard InChI is InChI=1S/C22H40O5/c1-3-7-20(8-4-1)22(21-9-5-2-6-10-21)19-26-16-15-24-12-11-23-13-14-25-17-18-27-22/h20-21H,1-19H2. The highest BCUT2D eigenvalue weighted by Crippen LogP contribution is 2.45. The number of hydrogen-bond donors (Lipinski definition) is 0. The van der Waals surface area contributed by atoms with E-state index in [0.717, 1.165) is 0 Å². The third-order valence-corrected chi connectivity index (χ3v) is 6.63. The monoisotopic (exact) mass is 384 g/mol. The second-order valence-electron chi connectivity index (χ2n) is 8.36. The fraction of sp³-hybridized carbons (Fsp3) is 1.00. The summed E-state index contributed by atoms with van der Waals surface area (Å²) in [6.07, 6.45) is 13.2. The molecule has 0 radical (unpaired) electrons. The van der Waals surface area contributed by atoms with Crippen LogP contribution in [0.25, 0.3) is 0 Å². The van der Waals surface area contributed by atoms with Gasteiger partial charge in [0, 0.05) is 0 Å². The summed E-state index contributed by atoms with van der Waals surface area (Å²) in [4.78, 5) is 0. The molecule has 3 aliphatic rings. The fourth-order valence-electron chi connectivity index (χ4n) is 5.21. The van der Waals surface area contributed by atoms with Crippen LogP contribution in [-0.4, -0.2) is 65.1 Å². The Morgan fingerprint density at radius 1 is 0.444 bits per heavy atom. The summed E-state index contributed by atoms with van der Waals surface area (Å²) in [6.45, 7) is 5.77. The second kappa shape index (κ2) is 12.4. The minimum absolute atomic E-state index is 0.138. The molecule has 1 heterocycles. The predicted octanol–water partition coefficient (Wildman–Crippen LogP) is 3.98. The predicted molar refractivity (Wildman–Crippen MR) is 105 cm³/mol. The van der Waals surface area contributed by atoms with Crippen LogP contribution in [0.4, 0.5) is 0 Å². The Balaban J connectivity index is 1.69. The normalized spacial score (nSPS) is 28.9. The molecule has 0 amide bonds. The first kappa shape index (κ1) is 21.5. The first-order valence-corrected chi connectivity index (χ1v) is 11.4. The maximum absolute atomic E-state index is 6.75. The summed E-state index contributed by atoms with van der Waals surface area (Å²) in [5.41, 5.74) is -0.138. The minimum Gasteiger partial charge on any atom is -0.377 e. The lowest BCUT2D eigenvalue weighted by molar-refractivity contribution is -0.185. The van der Waals surface area contributed by atoms with E-state index in [2.05, 4.69) is 0 Å². The van der Waals surface area contributed by atoms with Crippen LogP contribution in [0.2, 0.25) is 0 Å². The van der Waals surface area contributed by atoms with Gasteiger partial charge in [-0.25, -0.2) is 0 Å². The van der Waals surface area contributed by atoms with Crippen molar-refractivity contribution >= 4 is 0 Å². The van der Waals surface area contributed by atoms with Gasteiger partial charge in [-0.1, -0.05) is 38.5 Å². The van der Waals surface area contributed by atoms with Crippen LogP contribution < -0.4 is 0 Å². The van der Waals surface area contributed by atoms with Crippen molar-refractivity contribution in [3.63, 3.8) is 0 Å². The van der Waals surface area contributed by atoms with Gasteiger partial charge in [0.1, 0.15) is 0 Å². The van der Waals surface area contributed by atoms with E-state index in [4.69, 9.17) is 23.7 Å². The average Bonchev–Trinajstić information content (AvgIpc) is 2.74. The van der Waals surface area contributed by atoms with E-state index in [9.17, 15) is 0 Å². The van der Waals surface area contributed by atoms with Crippen molar-refractivity contribution in [1.29, 1.82) is 0 Å². The zero-order chi connectivity index (χ0) is 18.6. The highest BCUT2D eigenvalue weighted by molar-refractivity contribution is 4.97. The quantitative estimate of drug-likeness (QED) is 0.721. The number of ether oxygens (including phenoxy) is 5. The molecule has 0 aromatic rings. The van der Waals surface area contributed by atoms with E-state index in [1.807, 2.05) is 0 Å². The van der Waals surface area contributed by atoms with Crippen molar-refractivity contribution in [3.05, 3.63) is 0 Å². The molecule has 3 rings (SSSR count). The van der Waals surface area contributed by atoms with Crippen LogP contribution >= 0.6 is 0 Å². The van der Waals surface area contributed by atoms with E-state index in [0.29, 0.717) is 71.3 Å². The summed E-state index contributed by atoms with van der Waals surface area (Å²) >= 11 is 0. The Morgan fingerprint density at radius 3 is 1.33 bits per heavy atom. The summed E-state index contributed by atoms with van der Waals surface area (Å²) < 4.78 is 29.8. The largest absolute Gasteiger partial charge is 0.377 e. The van der Waals surface area contributed by atoms with Crippen LogP contribution in [0.5, 0.6) is 0 Å². The Hall–Kier alpha value is -0.200. The van der Waals surface area contributed by atoms with Crippen LogP contribution in [0, 0.1) is 11.8 Å². The smallest absolute Gasteiger partial charge is 0.0971 e. The molecule has 0 unspecified atom stereocenters. The van der Waals surface area contributed by atoms with Crippen molar-refractivity contribution < 1.29 is 23.7 Å². The highest BCUT2D eigenvalue weighted by Gasteiger charge is 2.47. The molecule has 2 aliphatic carbocycles.